The monoisotopic (exact) mass is 369 g/mol. The van der Waals surface area contributed by atoms with Crippen LogP contribution in [-0.4, -0.2) is 64.6 Å². The summed E-state index contributed by atoms with van der Waals surface area (Å²) in [5.41, 5.74) is 0.954. The van der Waals surface area contributed by atoms with Crippen molar-refractivity contribution in [2.45, 2.75) is 38.3 Å². The summed E-state index contributed by atoms with van der Waals surface area (Å²) in [6.07, 6.45) is 2.92. The van der Waals surface area contributed by atoms with Crippen molar-refractivity contribution in [3.63, 3.8) is 0 Å². The van der Waals surface area contributed by atoms with Gasteiger partial charge in [-0.3, -0.25) is 9.69 Å². The number of benzene rings is 1. The van der Waals surface area contributed by atoms with Gasteiger partial charge in [-0.1, -0.05) is 35.5 Å². The van der Waals surface area contributed by atoms with Gasteiger partial charge in [0.2, 0.25) is 17.6 Å². The molecule has 0 radical (unpaired) electrons. The maximum Gasteiger partial charge on any atom is 0.244 e. The van der Waals surface area contributed by atoms with Crippen molar-refractivity contribution in [2.75, 3.05) is 32.7 Å². The molecule has 0 aliphatic carbocycles. The Labute approximate surface area is 159 Å². The van der Waals surface area contributed by atoms with E-state index in [4.69, 9.17) is 4.52 Å². The van der Waals surface area contributed by atoms with Crippen LogP contribution in [0.3, 0.4) is 0 Å². The zero-order chi connectivity index (χ0) is 18.6. The predicted octanol–water partition coefficient (Wildman–Crippen LogP) is 2.08. The highest BCUT2D eigenvalue weighted by molar-refractivity contribution is 5.77. The van der Waals surface area contributed by atoms with Crippen molar-refractivity contribution in [1.29, 1.82) is 0 Å². The molecule has 2 aliphatic heterocycles. The first-order valence-corrected chi connectivity index (χ1v) is 9.85. The zero-order valence-electron chi connectivity index (χ0n) is 15.8. The third-order valence-corrected chi connectivity index (χ3v) is 5.63. The molecule has 1 aromatic carbocycles. The molecular weight excluding hydrogens is 342 g/mol. The third kappa shape index (κ3) is 4.20. The molecule has 144 valence electrons. The van der Waals surface area contributed by atoms with Crippen molar-refractivity contribution in [1.82, 2.24) is 25.3 Å². The molecule has 1 amide bonds. The van der Waals surface area contributed by atoms with Gasteiger partial charge in [0.25, 0.3) is 0 Å². The lowest BCUT2D eigenvalue weighted by Crippen LogP contribution is -2.50. The Kier molecular flexibility index (Phi) is 5.50. The number of carbonyl (C=O) groups excluding carboxylic acids is 1. The maximum atomic E-state index is 12.5. The minimum Gasteiger partial charge on any atom is -0.340 e. The topological polar surface area (TPSA) is 74.5 Å². The predicted molar refractivity (Wildman–Crippen MR) is 102 cm³/mol. The van der Waals surface area contributed by atoms with Gasteiger partial charge in [0.15, 0.2) is 0 Å². The number of aromatic nitrogens is 2. The van der Waals surface area contributed by atoms with Crippen LogP contribution in [0.15, 0.2) is 34.9 Å². The fraction of sp³-hybridized carbons (Fsp3) is 0.550. The van der Waals surface area contributed by atoms with E-state index in [2.05, 4.69) is 27.3 Å². The zero-order valence-corrected chi connectivity index (χ0v) is 15.8. The van der Waals surface area contributed by atoms with Gasteiger partial charge in [-0.05, 0) is 26.3 Å². The van der Waals surface area contributed by atoms with Gasteiger partial charge in [-0.25, -0.2) is 0 Å². The van der Waals surface area contributed by atoms with Crippen LogP contribution in [0, 0.1) is 0 Å². The Balaban J connectivity index is 1.31. The van der Waals surface area contributed by atoms with Crippen molar-refractivity contribution >= 4 is 5.91 Å². The lowest BCUT2D eigenvalue weighted by Gasteiger charge is -2.37. The number of hydrogen-bond donors (Lipinski definition) is 1. The molecule has 2 fully saturated rings. The van der Waals surface area contributed by atoms with Crippen LogP contribution in [0.5, 0.6) is 0 Å². The molecule has 2 aromatic rings. The highest BCUT2D eigenvalue weighted by Gasteiger charge is 2.29. The Hall–Kier alpha value is -2.25. The molecule has 2 aliphatic rings. The number of amides is 1. The molecule has 7 heteroatoms. The molecule has 1 aromatic heterocycles. The van der Waals surface area contributed by atoms with Gasteiger partial charge >= 0.3 is 0 Å². The van der Waals surface area contributed by atoms with Crippen molar-refractivity contribution in [2.24, 2.45) is 0 Å². The van der Waals surface area contributed by atoms with Crippen molar-refractivity contribution in [3.8, 4) is 11.4 Å². The normalized spacial score (nSPS) is 22.1. The smallest absolute Gasteiger partial charge is 0.244 e. The quantitative estimate of drug-likeness (QED) is 0.870. The Morgan fingerprint density at radius 3 is 2.74 bits per heavy atom. The van der Waals surface area contributed by atoms with Crippen LogP contribution >= 0.6 is 0 Å². The molecular formula is C20H27N5O2. The van der Waals surface area contributed by atoms with Gasteiger partial charge < -0.3 is 14.7 Å². The van der Waals surface area contributed by atoms with Crippen molar-refractivity contribution < 1.29 is 9.32 Å². The van der Waals surface area contributed by atoms with Gasteiger partial charge in [-0.2, -0.15) is 4.98 Å². The fourth-order valence-corrected chi connectivity index (χ4v) is 3.90. The van der Waals surface area contributed by atoms with Crippen LogP contribution in [-0.2, 0) is 4.79 Å². The minimum atomic E-state index is 0.0451. The number of carbonyl (C=O) groups is 1. The summed E-state index contributed by atoms with van der Waals surface area (Å²) in [5, 5.41) is 7.52. The second-order valence-corrected chi connectivity index (χ2v) is 7.41. The van der Waals surface area contributed by atoms with Crippen LogP contribution in [0.2, 0.25) is 0 Å². The summed E-state index contributed by atoms with van der Waals surface area (Å²) < 4.78 is 5.51. The summed E-state index contributed by atoms with van der Waals surface area (Å²) in [7, 11) is 0. The first kappa shape index (κ1) is 18.1. The molecule has 0 spiro atoms. The van der Waals surface area contributed by atoms with Crippen LogP contribution in [0.4, 0.5) is 0 Å². The lowest BCUT2D eigenvalue weighted by molar-refractivity contribution is -0.133. The summed E-state index contributed by atoms with van der Waals surface area (Å²) >= 11 is 0. The lowest BCUT2D eigenvalue weighted by atomic mass is 10.1. The Morgan fingerprint density at radius 2 is 2.04 bits per heavy atom. The van der Waals surface area contributed by atoms with E-state index >= 15 is 0 Å². The SMILES string of the molecule is CC(c1nc(-c2ccccc2)no1)N1CCN(C(=O)CC2CCCN2)CC1. The number of hydrogen-bond acceptors (Lipinski definition) is 6. The molecule has 2 saturated heterocycles. The van der Waals surface area contributed by atoms with E-state index in [1.165, 1.54) is 6.42 Å². The Bertz CT molecular complexity index is 749. The molecule has 0 saturated carbocycles. The fourth-order valence-electron chi connectivity index (χ4n) is 3.90. The first-order valence-electron chi connectivity index (χ1n) is 9.85. The average Bonchev–Trinajstić information content (AvgIpc) is 3.40. The average molecular weight is 369 g/mol. The summed E-state index contributed by atoms with van der Waals surface area (Å²) in [6, 6.07) is 10.3. The summed E-state index contributed by atoms with van der Waals surface area (Å²) in [6.45, 7) is 6.30. The second-order valence-electron chi connectivity index (χ2n) is 7.41. The molecule has 2 unspecified atom stereocenters. The number of nitrogens with zero attached hydrogens (tertiary/aromatic N) is 4. The molecule has 4 rings (SSSR count). The van der Waals surface area contributed by atoms with E-state index in [1.54, 1.807) is 0 Å². The molecule has 7 nitrogen and oxygen atoms in total. The largest absolute Gasteiger partial charge is 0.340 e. The minimum absolute atomic E-state index is 0.0451. The molecule has 3 heterocycles. The summed E-state index contributed by atoms with van der Waals surface area (Å²) in [5.74, 6) is 1.52. The Morgan fingerprint density at radius 1 is 1.26 bits per heavy atom. The van der Waals surface area contributed by atoms with E-state index < -0.39 is 0 Å². The van der Waals surface area contributed by atoms with Crippen LogP contribution in [0.25, 0.3) is 11.4 Å². The number of nitrogens with one attached hydrogen (secondary N) is 1. The molecule has 27 heavy (non-hydrogen) atoms. The van der Waals surface area contributed by atoms with Gasteiger partial charge in [0.1, 0.15) is 0 Å². The molecule has 0 bridgehead atoms. The first-order chi connectivity index (χ1) is 13.2. The number of rotatable bonds is 5. The van der Waals surface area contributed by atoms with Crippen molar-refractivity contribution in [3.05, 3.63) is 36.2 Å². The van der Waals surface area contributed by atoms with Crippen LogP contribution in [0.1, 0.15) is 38.1 Å². The van der Waals surface area contributed by atoms with Crippen LogP contribution < -0.4 is 5.32 Å². The maximum absolute atomic E-state index is 12.5. The van der Waals surface area contributed by atoms with E-state index in [0.29, 0.717) is 24.2 Å². The van der Waals surface area contributed by atoms with E-state index in [1.807, 2.05) is 35.2 Å². The van der Waals surface area contributed by atoms with Gasteiger partial charge in [0, 0.05) is 44.2 Å². The van der Waals surface area contributed by atoms with E-state index in [0.717, 1.165) is 44.7 Å². The highest BCUT2D eigenvalue weighted by atomic mass is 16.5. The van der Waals surface area contributed by atoms with E-state index in [-0.39, 0.29) is 11.9 Å². The highest BCUT2D eigenvalue weighted by Crippen LogP contribution is 2.23. The number of piperazine rings is 1. The van der Waals surface area contributed by atoms with Gasteiger partial charge in [0.05, 0.1) is 6.04 Å². The molecule has 1 N–H and O–H groups in total. The third-order valence-electron chi connectivity index (χ3n) is 5.63. The van der Waals surface area contributed by atoms with Gasteiger partial charge in [-0.15, -0.1) is 0 Å². The summed E-state index contributed by atoms with van der Waals surface area (Å²) in [4.78, 5) is 21.4. The second kappa shape index (κ2) is 8.19. The molecule has 2 atom stereocenters. The standard InChI is InChI=1S/C20H27N5O2/c1-15(20-22-19(23-27-20)16-6-3-2-4-7-16)24-10-12-25(13-11-24)18(26)14-17-8-5-9-21-17/h2-4,6-7,15,17,21H,5,8-14H2,1H3. The van der Waals surface area contributed by atoms with E-state index in [9.17, 15) is 4.79 Å².